The van der Waals surface area contributed by atoms with Crippen molar-refractivity contribution in [3.8, 4) is 5.69 Å². The number of para-hydroxylation sites is 1. The molecule has 0 spiro atoms. The number of piperazine rings is 1. The van der Waals surface area contributed by atoms with Crippen LogP contribution in [-0.4, -0.2) is 53.6 Å². The van der Waals surface area contributed by atoms with Gasteiger partial charge in [0.1, 0.15) is 0 Å². The highest BCUT2D eigenvalue weighted by molar-refractivity contribution is 5.54. The van der Waals surface area contributed by atoms with E-state index in [0.29, 0.717) is 32.1 Å². The lowest BCUT2D eigenvalue weighted by molar-refractivity contribution is -0.146. The monoisotopic (exact) mass is 364 g/mol. The summed E-state index contributed by atoms with van der Waals surface area (Å²) in [5, 5.41) is 4.84. The minimum atomic E-state index is -4.13. The van der Waals surface area contributed by atoms with Crippen LogP contribution in [0.1, 0.15) is 30.9 Å². The lowest BCUT2D eigenvalue weighted by Crippen LogP contribution is -2.49. The Balaban J connectivity index is 1.53. The highest BCUT2D eigenvalue weighted by Gasteiger charge is 2.34. The summed E-state index contributed by atoms with van der Waals surface area (Å²) in [4.78, 5) is 3.69. The zero-order valence-electron chi connectivity index (χ0n) is 14.6. The van der Waals surface area contributed by atoms with Crippen LogP contribution in [0.15, 0.2) is 36.5 Å². The van der Waals surface area contributed by atoms with E-state index in [1.54, 1.807) is 0 Å². The molecule has 7 heteroatoms. The molecule has 4 rings (SSSR count). The normalized spacial score (nSPS) is 19.6. The molecule has 2 aliphatic rings. The van der Waals surface area contributed by atoms with E-state index in [-0.39, 0.29) is 0 Å². The standard InChI is InChI=1S/C19H23F3N4/c20-19(21,22)14-24-9-11-25(12-10-24)17-13-26(16-7-2-1-3-8-16)23-18(17)15-5-4-6-15/h1-3,7-8,13,15H,4-6,9-12,14H2. The van der Waals surface area contributed by atoms with Gasteiger partial charge in [-0.15, -0.1) is 0 Å². The van der Waals surface area contributed by atoms with Crippen LogP contribution < -0.4 is 4.90 Å². The van der Waals surface area contributed by atoms with E-state index in [0.717, 1.165) is 29.9 Å². The third kappa shape index (κ3) is 3.72. The fraction of sp³-hybridized carbons (Fsp3) is 0.526. The van der Waals surface area contributed by atoms with Crippen LogP contribution in [0.4, 0.5) is 18.9 Å². The molecule has 0 amide bonds. The SMILES string of the molecule is FC(F)(F)CN1CCN(c2cn(-c3ccccc3)nc2C2CCC2)CC1. The van der Waals surface area contributed by atoms with Crippen molar-refractivity contribution >= 4 is 5.69 Å². The van der Waals surface area contributed by atoms with E-state index < -0.39 is 12.7 Å². The molecule has 0 radical (unpaired) electrons. The topological polar surface area (TPSA) is 24.3 Å². The quantitative estimate of drug-likeness (QED) is 0.824. The summed E-state index contributed by atoms with van der Waals surface area (Å²) in [7, 11) is 0. The lowest BCUT2D eigenvalue weighted by atomic mass is 9.82. The van der Waals surface area contributed by atoms with Crippen LogP contribution >= 0.6 is 0 Å². The number of alkyl halides is 3. The van der Waals surface area contributed by atoms with Crippen LogP contribution in [0.25, 0.3) is 5.69 Å². The van der Waals surface area contributed by atoms with Crippen LogP contribution in [0.5, 0.6) is 0 Å². The van der Waals surface area contributed by atoms with E-state index >= 15 is 0 Å². The first kappa shape index (κ1) is 17.4. The average Bonchev–Trinajstić information content (AvgIpc) is 2.98. The van der Waals surface area contributed by atoms with Crippen molar-refractivity contribution < 1.29 is 13.2 Å². The third-order valence-corrected chi connectivity index (χ3v) is 5.35. The summed E-state index contributed by atoms with van der Waals surface area (Å²) in [5.74, 6) is 0.475. The van der Waals surface area contributed by atoms with E-state index in [4.69, 9.17) is 5.10 Å². The van der Waals surface area contributed by atoms with Gasteiger partial charge in [0.2, 0.25) is 0 Å². The van der Waals surface area contributed by atoms with E-state index in [2.05, 4.69) is 4.90 Å². The number of rotatable bonds is 4. The predicted molar refractivity (Wildman–Crippen MR) is 94.9 cm³/mol. The molecule has 2 heterocycles. The first-order valence-corrected chi connectivity index (χ1v) is 9.19. The highest BCUT2D eigenvalue weighted by Crippen LogP contribution is 2.40. The number of hydrogen-bond acceptors (Lipinski definition) is 3. The Bertz CT molecular complexity index is 729. The molecular weight excluding hydrogens is 341 g/mol. The first-order chi connectivity index (χ1) is 12.5. The van der Waals surface area contributed by atoms with Crippen LogP contribution in [-0.2, 0) is 0 Å². The Labute approximate surface area is 151 Å². The number of nitrogens with zero attached hydrogens (tertiary/aromatic N) is 4. The van der Waals surface area contributed by atoms with Gasteiger partial charge in [0.15, 0.2) is 0 Å². The summed E-state index contributed by atoms with van der Waals surface area (Å²) in [6.07, 6.45) is 1.43. The van der Waals surface area contributed by atoms with Crippen molar-refractivity contribution in [2.45, 2.75) is 31.4 Å². The Hall–Kier alpha value is -2.02. The van der Waals surface area contributed by atoms with Gasteiger partial charge in [0.05, 0.1) is 29.8 Å². The van der Waals surface area contributed by atoms with Crippen LogP contribution in [0.2, 0.25) is 0 Å². The fourth-order valence-corrected chi connectivity index (χ4v) is 3.71. The van der Waals surface area contributed by atoms with E-state index in [9.17, 15) is 13.2 Å². The van der Waals surface area contributed by atoms with Crippen molar-refractivity contribution in [3.63, 3.8) is 0 Å². The Morgan fingerprint density at radius 1 is 1.00 bits per heavy atom. The van der Waals surface area contributed by atoms with Gasteiger partial charge in [0.25, 0.3) is 0 Å². The Morgan fingerprint density at radius 2 is 1.69 bits per heavy atom. The van der Waals surface area contributed by atoms with Crippen molar-refractivity contribution in [2.75, 3.05) is 37.6 Å². The van der Waals surface area contributed by atoms with Gasteiger partial charge in [-0.05, 0) is 25.0 Å². The molecule has 0 bridgehead atoms. The van der Waals surface area contributed by atoms with Crippen LogP contribution in [0.3, 0.4) is 0 Å². The summed E-state index contributed by atoms with van der Waals surface area (Å²) >= 11 is 0. The van der Waals surface area contributed by atoms with Crippen LogP contribution in [0, 0.1) is 0 Å². The molecule has 1 saturated carbocycles. The second-order valence-electron chi connectivity index (χ2n) is 7.19. The maximum atomic E-state index is 12.6. The molecule has 2 fully saturated rings. The van der Waals surface area contributed by atoms with Gasteiger partial charge in [0, 0.05) is 32.1 Å². The molecular formula is C19H23F3N4. The summed E-state index contributed by atoms with van der Waals surface area (Å²) in [6, 6.07) is 9.97. The molecule has 1 aromatic carbocycles. The number of hydrogen-bond donors (Lipinski definition) is 0. The molecule has 1 aliphatic carbocycles. The summed E-state index contributed by atoms with van der Waals surface area (Å²) < 4.78 is 39.7. The molecule has 0 N–H and O–H groups in total. The zero-order chi connectivity index (χ0) is 18.1. The first-order valence-electron chi connectivity index (χ1n) is 9.19. The van der Waals surface area contributed by atoms with Crippen molar-refractivity contribution in [1.82, 2.24) is 14.7 Å². The van der Waals surface area contributed by atoms with Crippen molar-refractivity contribution in [3.05, 3.63) is 42.2 Å². The minimum Gasteiger partial charge on any atom is -0.366 e. The number of aromatic nitrogens is 2. The smallest absolute Gasteiger partial charge is 0.366 e. The number of benzene rings is 1. The van der Waals surface area contributed by atoms with Gasteiger partial charge in [-0.3, -0.25) is 4.90 Å². The van der Waals surface area contributed by atoms with Gasteiger partial charge in [-0.1, -0.05) is 24.6 Å². The second kappa shape index (κ2) is 6.95. The average molecular weight is 364 g/mol. The zero-order valence-corrected chi connectivity index (χ0v) is 14.6. The molecule has 26 heavy (non-hydrogen) atoms. The highest BCUT2D eigenvalue weighted by atomic mass is 19.4. The maximum Gasteiger partial charge on any atom is 0.401 e. The maximum absolute atomic E-state index is 12.6. The molecule has 1 aromatic heterocycles. The minimum absolute atomic E-state index is 0.431. The second-order valence-corrected chi connectivity index (χ2v) is 7.19. The molecule has 0 unspecified atom stereocenters. The van der Waals surface area contributed by atoms with Gasteiger partial charge >= 0.3 is 6.18 Å². The van der Waals surface area contributed by atoms with Gasteiger partial charge in [-0.25, -0.2) is 4.68 Å². The number of anilines is 1. The van der Waals surface area contributed by atoms with E-state index in [1.165, 1.54) is 11.3 Å². The Kier molecular flexibility index (Phi) is 4.65. The molecule has 1 saturated heterocycles. The van der Waals surface area contributed by atoms with Gasteiger partial charge < -0.3 is 4.90 Å². The molecule has 140 valence electrons. The van der Waals surface area contributed by atoms with E-state index in [1.807, 2.05) is 41.2 Å². The molecule has 0 atom stereocenters. The summed E-state index contributed by atoms with van der Waals surface area (Å²) in [5.41, 5.74) is 3.20. The molecule has 4 nitrogen and oxygen atoms in total. The summed E-state index contributed by atoms with van der Waals surface area (Å²) in [6.45, 7) is 1.26. The fourth-order valence-electron chi connectivity index (χ4n) is 3.71. The lowest BCUT2D eigenvalue weighted by Gasteiger charge is -2.37. The molecule has 2 aromatic rings. The van der Waals surface area contributed by atoms with Gasteiger partial charge in [-0.2, -0.15) is 18.3 Å². The third-order valence-electron chi connectivity index (χ3n) is 5.35. The van der Waals surface area contributed by atoms with Crippen molar-refractivity contribution in [2.24, 2.45) is 0 Å². The Morgan fingerprint density at radius 3 is 2.27 bits per heavy atom. The predicted octanol–water partition coefficient (Wildman–Crippen LogP) is 3.82. The molecule has 1 aliphatic heterocycles. The largest absolute Gasteiger partial charge is 0.401 e. The number of halogens is 3. The van der Waals surface area contributed by atoms with Crippen molar-refractivity contribution in [1.29, 1.82) is 0 Å².